The molecule has 6 nitrogen and oxygen atoms in total. The van der Waals surface area contributed by atoms with Crippen LogP contribution in [0.15, 0.2) is 54.6 Å². The molecule has 2 aromatic carbocycles. The van der Waals surface area contributed by atoms with Gasteiger partial charge in [0.15, 0.2) is 6.10 Å². The maximum atomic E-state index is 12.4. The lowest BCUT2D eigenvalue weighted by Crippen LogP contribution is -2.33. The molecule has 0 aromatic heterocycles. The second kappa shape index (κ2) is 8.89. The quantitative estimate of drug-likeness (QED) is 0.755. The highest BCUT2D eigenvalue weighted by Crippen LogP contribution is 2.23. The first-order chi connectivity index (χ1) is 13.4. The first-order valence-corrected chi connectivity index (χ1v) is 9.39. The first kappa shape index (κ1) is 19.9. The predicted molar refractivity (Wildman–Crippen MR) is 106 cm³/mol. The van der Waals surface area contributed by atoms with Crippen LogP contribution in [0.4, 0.5) is 5.69 Å². The van der Waals surface area contributed by atoms with Gasteiger partial charge in [0.2, 0.25) is 5.91 Å². The van der Waals surface area contributed by atoms with Crippen molar-refractivity contribution in [3.63, 3.8) is 0 Å². The van der Waals surface area contributed by atoms with Gasteiger partial charge in [-0.05, 0) is 24.6 Å². The Kier molecular flexibility index (Phi) is 6.31. The molecule has 1 aliphatic rings. The Bertz CT molecular complexity index is 872. The molecule has 28 heavy (non-hydrogen) atoms. The van der Waals surface area contributed by atoms with Crippen LogP contribution in [-0.2, 0) is 25.7 Å². The van der Waals surface area contributed by atoms with E-state index in [1.54, 1.807) is 29.2 Å². The predicted octanol–water partition coefficient (Wildman–Crippen LogP) is 3.26. The molecule has 0 saturated carbocycles. The Balaban J connectivity index is 1.53. The van der Waals surface area contributed by atoms with E-state index in [0.717, 1.165) is 5.56 Å². The number of halogens is 1. The number of hydrogen-bond acceptors (Lipinski definition) is 4. The van der Waals surface area contributed by atoms with Crippen LogP contribution in [-0.4, -0.2) is 35.3 Å². The molecule has 146 valence electrons. The molecule has 2 amide bonds. The van der Waals surface area contributed by atoms with Crippen LogP contribution in [0.2, 0.25) is 5.02 Å². The molecule has 1 aliphatic heterocycles. The highest BCUT2D eigenvalue weighted by molar-refractivity contribution is 6.33. The number of esters is 1. The number of amides is 2. The van der Waals surface area contributed by atoms with E-state index in [4.69, 9.17) is 16.3 Å². The topological polar surface area (TPSA) is 75.7 Å². The molecule has 0 unspecified atom stereocenters. The molecule has 1 saturated heterocycles. The summed E-state index contributed by atoms with van der Waals surface area (Å²) in [7, 11) is 0. The zero-order valence-corrected chi connectivity index (χ0v) is 16.2. The van der Waals surface area contributed by atoms with Gasteiger partial charge in [-0.1, -0.05) is 54.1 Å². The largest absolute Gasteiger partial charge is 0.452 e. The zero-order valence-electron chi connectivity index (χ0n) is 15.4. The molecule has 7 heteroatoms. The van der Waals surface area contributed by atoms with Gasteiger partial charge >= 0.3 is 5.97 Å². The van der Waals surface area contributed by atoms with Crippen molar-refractivity contribution in [1.82, 2.24) is 4.90 Å². The summed E-state index contributed by atoms with van der Waals surface area (Å²) in [5.41, 5.74) is 1.44. The van der Waals surface area contributed by atoms with Gasteiger partial charge in [-0.3, -0.25) is 14.4 Å². The summed E-state index contributed by atoms with van der Waals surface area (Å²) < 4.78 is 5.28. The SMILES string of the molecule is C[C@@H](OC(=O)[C@H]1CC(=O)N(Cc2ccccc2)C1)C(=O)Nc1ccccc1Cl. The van der Waals surface area contributed by atoms with Gasteiger partial charge in [0, 0.05) is 19.5 Å². The fourth-order valence-corrected chi connectivity index (χ4v) is 3.19. The molecule has 1 N–H and O–H groups in total. The molecule has 0 spiro atoms. The number of carbonyl (C=O) groups is 3. The van der Waals surface area contributed by atoms with Crippen molar-refractivity contribution in [2.75, 3.05) is 11.9 Å². The van der Waals surface area contributed by atoms with Gasteiger partial charge in [-0.2, -0.15) is 0 Å². The van der Waals surface area contributed by atoms with Crippen molar-refractivity contribution in [1.29, 1.82) is 0 Å². The number of rotatable bonds is 6. The fraction of sp³-hybridized carbons (Fsp3) is 0.286. The van der Waals surface area contributed by atoms with E-state index >= 15 is 0 Å². The van der Waals surface area contributed by atoms with E-state index in [1.165, 1.54) is 6.92 Å². The number of benzene rings is 2. The Morgan fingerprint density at radius 3 is 2.57 bits per heavy atom. The van der Waals surface area contributed by atoms with E-state index in [9.17, 15) is 14.4 Å². The number of para-hydroxylation sites is 1. The summed E-state index contributed by atoms with van der Waals surface area (Å²) in [4.78, 5) is 38.5. The van der Waals surface area contributed by atoms with Crippen LogP contribution in [0.5, 0.6) is 0 Å². The van der Waals surface area contributed by atoms with Gasteiger partial charge in [0.1, 0.15) is 0 Å². The van der Waals surface area contributed by atoms with Gasteiger partial charge < -0.3 is 15.0 Å². The lowest BCUT2D eigenvalue weighted by atomic mass is 10.1. The lowest BCUT2D eigenvalue weighted by molar-refractivity contribution is -0.157. The first-order valence-electron chi connectivity index (χ1n) is 9.01. The Labute approximate surface area is 168 Å². The van der Waals surface area contributed by atoms with Gasteiger partial charge in [-0.15, -0.1) is 0 Å². The van der Waals surface area contributed by atoms with Crippen molar-refractivity contribution >= 4 is 35.1 Å². The van der Waals surface area contributed by atoms with Crippen LogP contribution >= 0.6 is 11.6 Å². The van der Waals surface area contributed by atoms with Crippen LogP contribution in [0.25, 0.3) is 0 Å². The molecule has 0 aliphatic carbocycles. The highest BCUT2D eigenvalue weighted by atomic mass is 35.5. The minimum Gasteiger partial charge on any atom is -0.452 e. The van der Waals surface area contributed by atoms with Crippen molar-refractivity contribution in [3.8, 4) is 0 Å². The second-order valence-electron chi connectivity index (χ2n) is 6.71. The van der Waals surface area contributed by atoms with E-state index in [1.807, 2.05) is 30.3 Å². The van der Waals surface area contributed by atoms with E-state index in [-0.39, 0.29) is 18.9 Å². The standard InChI is InChI=1S/C21H21ClN2O4/c1-14(20(26)23-18-10-6-5-9-17(18)22)28-21(27)16-11-19(25)24(13-16)12-15-7-3-2-4-8-15/h2-10,14,16H,11-13H2,1H3,(H,23,26)/t14-,16+/m1/s1. The van der Waals surface area contributed by atoms with Gasteiger partial charge in [-0.25, -0.2) is 0 Å². The number of nitrogens with zero attached hydrogens (tertiary/aromatic N) is 1. The number of nitrogens with one attached hydrogen (secondary N) is 1. The van der Waals surface area contributed by atoms with Gasteiger partial charge in [0.25, 0.3) is 5.91 Å². The molecule has 1 heterocycles. The molecule has 3 rings (SSSR count). The molecule has 0 radical (unpaired) electrons. The summed E-state index contributed by atoms with van der Waals surface area (Å²) in [5.74, 6) is -1.71. The van der Waals surface area contributed by atoms with Gasteiger partial charge in [0.05, 0.1) is 16.6 Å². The summed E-state index contributed by atoms with van der Waals surface area (Å²) in [6.07, 6.45) is -0.910. The van der Waals surface area contributed by atoms with Crippen molar-refractivity contribution in [2.24, 2.45) is 5.92 Å². The fourth-order valence-electron chi connectivity index (χ4n) is 3.01. The minimum absolute atomic E-state index is 0.0878. The van der Waals surface area contributed by atoms with E-state index in [0.29, 0.717) is 17.3 Å². The molecule has 1 fully saturated rings. The van der Waals surface area contributed by atoms with E-state index < -0.39 is 23.9 Å². The number of hydrogen-bond donors (Lipinski definition) is 1. The maximum absolute atomic E-state index is 12.4. The van der Waals surface area contributed by atoms with E-state index in [2.05, 4.69) is 5.32 Å². The molecule has 0 bridgehead atoms. The Morgan fingerprint density at radius 1 is 1.18 bits per heavy atom. The smallest absolute Gasteiger partial charge is 0.312 e. The zero-order chi connectivity index (χ0) is 20.1. The minimum atomic E-state index is -0.998. The third kappa shape index (κ3) is 4.89. The number of likely N-dealkylation sites (tertiary alicyclic amines) is 1. The Hall–Kier alpha value is -2.86. The highest BCUT2D eigenvalue weighted by Gasteiger charge is 2.36. The number of carbonyl (C=O) groups excluding carboxylic acids is 3. The summed E-state index contributed by atoms with van der Waals surface area (Å²) >= 11 is 6.02. The second-order valence-corrected chi connectivity index (χ2v) is 7.12. The van der Waals surface area contributed by atoms with Crippen LogP contribution in [0.3, 0.4) is 0 Å². The number of anilines is 1. The van der Waals surface area contributed by atoms with Crippen molar-refractivity contribution in [2.45, 2.75) is 26.0 Å². The van der Waals surface area contributed by atoms with Crippen molar-refractivity contribution < 1.29 is 19.1 Å². The summed E-state index contributed by atoms with van der Waals surface area (Å²) in [5, 5.41) is 3.03. The average molecular weight is 401 g/mol. The maximum Gasteiger partial charge on any atom is 0.312 e. The molecular formula is C21H21ClN2O4. The van der Waals surface area contributed by atoms with Crippen LogP contribution in [0.1, 0.15) is 18.9 Å². The summed E-state index contributed by atoms with van der Waals surface area (Å²) in [6, 6.07) is 16.4. The van der Waals surface area contributed by atoms with Crippen molar-refractivity contribution in [3.05, 3.63) is 65.2 Å². The average Bonchev–Trinajstić information content (AvgIpc) is 3.05. The third-order valence-corrected chi connectivity index (χ3v) is 4.89. The van der Waals surface area contributed by atoms with Crippen LogP contribution in [0, 0.1) is 5.92 Å². The molecular weight excluding hydrogens is 380 g/mol. The lowest BCUT2D eigenvalue weighted by Gasteiger charge is -2.18. The normalized spacial score (nSPS) is 17.3. The summed E-state index contributed by atoms with van der Waals surface area (Å²) in [6.45, 7) is 2.22. The molecule has 2 atom stereocenters. The third-order valence-electron chi connectivity index (χ3n) is 4.56. The van der Waals surface area contributed by atoms with Crippen LogP contribution < -0.4 is 5.32 Å². The monoisotopic (exact) mass is 400 g/mol. The number of ether oxygens (including phenoxy) is 1. The molecule has 2 aromatic rings. The Morgan fingerprint density at radius 2 is 1.86 bits per heavy atom.